The van der Waals surface area contributed by atoms with Gasteiger partial charge >= 0.3 is 0 Å². The van der Waals surface area contributed by atoms with Crippen LogP contribution in [-0.4, -0.2) is 28.1 Å². The van der Waals surface area contributed by atoms with Crippen LogP contribution in [0.1, 0.15) is 18.1 Å². The molecular formula is C15H18Cl2F2N4O2. The van der Waals surface area contributed by atoms with Crippen molar-refractivity contribution in [1.82, 2.24) is 9.97 Å². The van der Waals surface area contributed by atoms with Crippen LogP contribution in [0.3, 0.4) is 0 Å². The Morgan fingerprint density at radius 2 is 1.52 bits per heavy atom. The minimum Gasteiger partial charge on any atom is -0.400 e. The van der Waals surface area contributed by atoms with Gasteiger partial charge in [-0.25, -0.2) is 18.7 Å². The van der Waals surface area contributed by atoms with Crippen molar-refractivity contribution in [3.8, 4) is 0 Å². The number of hydrogen-bond acceptors (Lipinski definition) is 5. The number of carbonyl (C=O) groups excluding carboxylic acids is 1. The van der Waals surface area contributed by atoms with Crippen molar-refractivity contribution in [1.29, 1.82) is 0 Å². The highest BCUT2D eigenvalue weighted by atomic mass is 35.5. The monoisotopic (exact) mass is 394 g/mol. The minimum absolute atomic E-state index is 0.0885. The Morgan fingerprint density at radius 1 is 1.08 bits per heavy atom. The summed E-state index contributed by atoms with van der Waals surface area (Å²) in [6, 6.07) is 0. The van der Waals surface area contributed by atoms with E-state index in [1.165, 1.54) is 26.2 Å². The minimum atomic E-state index is -0.595. The van der Waals surface area contributed by atoms with Crippen molar-refractivity contribution in [2.24, 2.45) is 0 Å². The molecule has 0 atom stereocenters. The zero-order chi connectivity index (χ0) is 19.7. The number of rotatable bonds is 1. The van der Waals surface area contributed by atoms with Crippen LogP contribution in [0.5, 0.6) is 0 Å². The normalized spacial score (nSPS) is 9.32. The Bertz CT molecular complexity index is 719. The first kappa shape index (κ1) is 23.0. The number of pyridine rings is 2. The number of aromatic nitrogens is 2. The molecule has 0 bridgehead atoms. The van der Waals surface area contributed by atoms with Crippen molar-refractivity contribution < 1.29 is 18.7 Å². The maximum Gasteiger partial charge on any atom is 0.222 e. The fraction of sp³-hybridized carbons (Fsp3) is 0.267. The van der Waals surface area contributed by atoms with Gasteiger partial charge in [0.15, 0.2) is 23.3 Å². The fourth-order valence-electron chi connectivity index (χ4n) is 1.39. The van der Waals surface area contributed by atoms with Crippen LogP contribution in [-0.2, 0) is 4.79 Å². The largest absolute Gasteiger partial charge is 0.400 e. The van der Waals surface area contributed by atoms with E-state index in [2.05, 4.69) is 15.3 Å². The number of aliphatic hydroxyl groups excluding tert-OH is 1. The maximum atomic E-state index is 13.3. The van der Waals surface area contributed by atoms with E-state index in [1.807, 2.05) is 0 Å². The quantitative estimate of drug-likeness (QED) is 0.686. The number of nitrogens with one attached hydrogen (secondary N) is 1. The molecule has 2 heterocycles. The average Bonchev–Trinajstić information content (AvgIpc) is 2.59. The van der Waals surface area contributed by atoms with Gasteiger partial charge < -0.3 is 16.2 Å². The van der Waals surface area contributed by atoms with Crippen molar-refractivity contribution in [2.45, 2.75) is 20.8 Å². The molecule has 10 heteroatoms. The van der Waals surface area contributed by atoms with Gasteiger partial charge in [-0.05, 0) is 13.8 Å². The van der Waals surface area contributed by atoms with Crippen molar-refractivity contribution in [3.05, 3.63) is 45.2 Å². The summed E-state index contributed by atoms with van der Waals surface area (Å²) >= 11 is 11.1. The average molecular weight is 395 g/mol. The van der Waals surface area contributed by atoms with Gasteiger partial charge in [-0.2, -0.15) is 0 Å². The Morgan fingerprint density at radius 3 is 1.96 bits per heavy atom. The molecule has 0 radical (unpaired) electrons. The van der Waals surface area contributed by atoms with E-state index in [4.69, 9.17) is 34.0 Å². The predicted octanol–water partition coefficient (Wildman–Crippen LogP) is 3.51. The van der Waals surface area contributed by atoms with E-state index in [9.17, 15) is 13.6 Å². The summed E-state index contributed by atoms with van der Waals surface area (Å²) in [6.45, 7) is 4.35. The first-order valence-electron chi connectivity index (χ1n) is 6.74. The third-order valence-electron chi connectivity index (χ3n) is 2.73. The predicted molar refractivity (Wildman–Crippen MR) is 94.7 cm³/mol. The van der Waals surface area contributed by atoms with Gasteiger partial charge in [0, 0.05) is 37.6 Å². The van der Waals surface area contributed by atoms with Gasteiger partial charge in [-0.1, -0.05) is 23.2 Å². The molecule has 138 valence electrons. The second-order valence-electron chi connectivity index (χ2n) is 4.51. The number of halogens is 4. The lowest BCUT2D eigenvalue weighted by atomic mass is 10.3. The van der Waals surface area contributed by atoms with Crippen molar-refractivity contribution in [3.63, 3.8) is 0 Å². The van der Waals surface area contributed by atoms with E-state index in [0.29, 0.717) is 10.6 Å². The second kappa shape index (κ2) is 10.8. The molecular weight excluding hydrogens is 377 g/mol. The molecule has 0 aliphatic carbocycles. The van der Waals surface area contributed by atoms with Crippen LogP contribution in [0.25, 0.3) is 0 Å². The van der Waals surface area contributed by atoms with Gasteiger partial charge in [-0.3, -0.25) is 4.79 Å². The Balaban J connectivity index is 0.000000430. The molecule has 0 saturated heterocycles. The standard InChI is InChI=1S/C8H8ClFN2O.C6H6ClFN2.CH4O/c1-4-6(9)3-11-8(7(4)10)12-5(2)13;1-3-4(7)2-10-6(9)5(3)8;1-2/h3H,1-2H3,(H,11,12,13);2H,1H3,(H2,9,10);2H,1H3. The maximum absolute atomic E-state index is 13.3. The molecule has 0 aromatic carbocycles. The second-order valence-corrected chi connectivity index (χ2v) is 5.32. The molecule has 25 heavy (non-hydrogen) atoms. The van der Waals surface area contributed by atoms with Crippen LogP contribution in [0.15, 0.2) is 12.4 Å². The highest BCUT2D eigenvalue weighted by Crippen LogP contribution is 2.21. The molecule has 0 saturated carbocycles. The Kier molecular flexibility index (Phi) is 9.88. The number of carbonyl (C=O) groups is 1. The number of anilines is 2. The van der Waals surface area contributed by atoms with Crippen LogP contribution < -0.4 is 11.1 Å². The van der Waals surface area contributed by atoms with Crippen LogP contribution in [0, 0.1) is 25.5 Å². The number of nitrogens with two attached hydrogens (primary N) is 1. The highest BCUT2D eigenvalue weighted by molar-refractivity contribution is 6.31. The molecule has 1 amide bonds. The number of aliphatic hydroxyl groups is 1. The molecule has 2 rings (SSSR count). The molecule has 4 N–H and O–H groups in total. The lowest BCUT2D eigenvalue weighted by Gasteiger charge is -2.05. The summed E-state index contributed by atoms with van der Waals surface area (Å²) in [5.74, 6) is -1.69. The topological polar surface area (TPSA) is 101 Å². The van der Waals surface area contributed by atoms with Crippen molar-refractivity contribution in [2.75, 3.05) is 18.2 Å². The summed E-state index contributed by atoms with van der Waals surface area (Å²) in [7, 11) is 1.00. The van der Waals surface area contributed by atoms with Crippen LogP contribution in [0.2, 0.25) is 10.0 Å². The van der Waals surface area contributed by atoms with E-state index >= 15 is 0 Å². The third kappa shape index (κ3) is 6.77. The van der Waals surface area contributed by atoms with Gasteiger partial charge in [0.2, 0.25) is 5.91 Å². The molecule has 0 aliphatic rings. The number of nitrogen functional groups attached to an aromatic ring is 1. The highest BCUT2D eigenvalue weighted by Gasteiger charge is 2.10. The Labute approximate surface area is 154 Å². The molecule has 0 spiro atoms. The smallest absolute Gasteiger partial charge is 0.222 e. The summed E-state index contributed by atoms with van der Waals surface area (Å²) in [5.41, 5.74) is 5.76. The SMILES string of the molecule is CC(=O)Nc1ncc(Cl)c(C)c1F.CO.Cc1c(Cl)cnc(N)c1F. The number of amides is 1. The van der Waals surface area contributed by atoms with Crippen molar-refractivity contribution >= 4 is 40.7 Å². The molecule has 0 unspecified atom stereocenters. The number of nitrogens with zero attached hydrogens (tertiary/aromatic N) is 2. The summed E-state index contributed by atoms with van der Waals surface area (Å²) < 4.78 is 26.0. The molecule has 6 nitrogen and oxygen atoms in total. The summed E-state index contributed by atoms with van der Waals surface area (Å²) in [4.78, 5) is 17.8. The molecule has 0 fully saturated rings. The van der Waals surface area contributed by atoms with Crippen LogP contribution >= 0.6 is 23.2 Å². The fourth-order valence-corrected chi connectivity index (χ4v) is 1.65. The van der Waals surface area contributed by atoms with Gasteiger partial charge in [0.05, 0.1) is 10.0 Å². The Hall–Kier alpha value is -2.03. The van der Waals surface area contributed by atoms with Crippen LogP contribution in [0.4, 0.5) is 20.4 Å². The van der Waals surface area contributed by atoms with E-state index in [-0.39, 0.29) is 28.1 Å². The summed E-state index contributed by atoms with van der Waals surface area (Å²) in [6.07, 6.45) is 2.63. The van der Waals surface area contributed by atoms with E-state index in [1.54, 1.807) is 6.92 Å². The van der Waals surface area contributed by atoms with Gasteiger partial charge in [0.25, 0.3) is 0 Å². The molecule has 2 aromatic rings. The molecule has 0 aliphatic heterocycles. The zero-order valence-corrected chi connectivity index (χ0v) is 15.5. The number of hydrogen-bond donors (Lipinski definition) is 3. The molecule has 2 aromatic heterocycles. The van der Waals surface area contributed by atoms with E-state index in [0.717, 1.165) is 7.11 Å². The zero-order valence-electron chi connectivity index (χ0n) is 14.0. The third-order valence-corrected chi connectivity index (χ3v) is 3.49. The van der Waals surface area contributed by atoms with Gasteiger partial charge in [0.1, 0.15) is 0 Å². The van der Waals surface area contributed by atoms with Gasteiger partial charge in [-0.15, -0.1) is 0 Å². The lowest BCUT2D eigenvalue weighted by molar-refractivity contribution is -0.114. The van der Waals surface area contributed by atoms with E-state index < -0.39 is 11.6 Å². The first-order valence-corrected chi connectivity index (χ1v) is 7.49. The lowest BCUT2D eigenvalue weighted by Crippen LogP contribution is -2.10. The summed E-state index contributed by atoms with van der Waals surface area (Å²) in [5, 5.41) is 9.80. The first-order chi connectivity index (χ1) is 11.6.